The van der Waals surface area contributed by atoms with Crippen LogP contribution in [0.4, 0.5) is 0 Å². The second-order valence-corrected chi connectivity index (χ2v) is 9.43. The van der Waals surface area contributed by atoms with Gasteiger partial charge in [-0.15, -0.1) is 0 Å². The van der Waals surface area contributed by atoms with Gasteiger partial charge in [0.25, 0.3) is 0 Å². The Morgan fingerprint density at radius 3 is 1.82 bits per heavy atom. The molecule has 0 radical (unpaired) electrons. The van der Waals surface area contributed by atoms with Crippen LogP contribution >= 0.6 is 0 Å². The highest BCUT2D eigenvalue weighted by Gasteiger charge is 2.44. The van der Waals surface area contributed by atoms with Crippen LogP contribution in [0.25, 0.3) is 0 Å². The van der Waals surface area contributed by atoms with Gasteiger partial charge in [0, 0.05) is 0 Å². The maximum atomic E-state index is 10.3. The smallest absolute Gasteiger partial charge is 0.186 e. The van der Waals surface area contributed by atoms with E-state index in [4.69, 9.17) is 15.2 Å². The van der Waals surface area contributed by atoms with Gasteiger partial charge in [0.05, 0.1) is 31.5 Å². The van der Waals surface area contributed by atoms with Crippen LogP contribution in [0.5, 0.6) is 0 Å². The molecule has 1 saturated heterocycles. The molecule has 9 nitrogen and oxygen atoms in total. The highest BCUT2D eigenvalue weighted by molar-refractivity contribution is 4.89. The molecular formula is C24H49NO8. The first-order valence-corrected chi connectivity index (χ1v) is 12.9. The lowest BCUT2D eigenvalue weighted by atomic mass is 9.99. The van der Waals surface area contributed by atoms with Gasteiger partial charge in [0.2, 0.25) is 0 Å². The second-order valence-electron chi connectivity index (χ2n) is 9.43. The average molecular weight is 480 g/mol. The fourth-order valence-corrected chi connectivity index (χ4v) is 4.16. The van der Waals surface area contributed by atoms with Gasteiger partial charge in [-0.1, -0.05) is 84.0 Å². The van der Waals surface area contributed by atoms with Gasteiger partial charge in [0.1, 0.15) is 24.4 Å². The molecule has 1 aliphatic rings. The van der Waals surface area contributed by atoms with Gasteiger partial charge >= 0.3 is 0 Å². The van der Waals surface area contributed by atoms with Crippen molar-refractivity contribution in [1.29, 1.82) is 0 Å². The zero-order chi connectivity index (χ0) is 24.6. The Bertz CT molecular complexity index is 470. The lowest BCUT2D eigenvalue weighted by Crippen LogP contribution is -2.60. The molecule has 1 aliphatic heterocycles. The Kier molecular flexibility index (Phi) is 16.7. The normalized spacial score (nSPS) is 28.5. The molecule has 8 atom stereocenters. The maximum Gasteiger partial charge on any atom is 0.186 e. The Balaban J connectivity index is 2.12. The van der Waals surface area contributed by atoms with Gasteiger partial charge in [-0.05, 0) is 6.42 Å². The van der Waals surface area contributed by atoms with E-state index >= 15 is 0 Å². The molecule has 0 spiro atoms. The summed E-state index contributed by atoms with van der Waals surface area (Å²) in [5, 5.41) is 59.2. The number of aliphatic hydroxyl groups excluding tert-OH is 6. The highest BCUT2D eigenvalue weighted by Crippen LogP contribution is 2.22. The van der Waals surface area contributed by atoms with Crippen LogP contribution < -0.4 is 5.73 Å². The lowest BCUT2D eigenvalue weighted by molar-refractivity contribution is -0.302. The molecule has 198 valence electrons. The van der Waals surface area contributed by atoms with Crippen molar-refractivity contribution in [3.8, 4) is 0 Å². The standard InChI is InChI=1S/C24H49NO8/c1-2-3-4-5-6-7-8-9-10-11-12-13-14-18(27)20(28)17(25)16-32-24-23(31)22(30)21(29)19(15-26)33-24/h17-24,26-31H,2-16,25H2,1H3/t17-,18+,19?,20?,21?,22?,23?,24?/m0/s1. The number of hydrogen-bond acceptors (Lipinski definition) is 9. The van der Waals surface area contributed by atoms with Crippen molar-refractivity contribution in [2.45, 2.75) is 139 Å². The van der Waals surface area contributed by atoms with Gasteiger partial charge in [-0.25, -0.2) is 0 Å². The minimum absolute atomic E-state index is 0.237. The van der Waals surface area contributed by atoms with Crippen LogP contribution in [0.1, 0.15) is 90.4 Å². The number of rotatable bonds is 19. The van der Waals surface area contributed by atoms with E-state index in [0.29, 0.717) is 6.42 Å². The van der Waals surface area contributed by atoms with Gasteiger partial charge in [0.15, 0.2) is 6.29 Å². The molecular weight excluding hydrogens is 430 g/mol. The molecule has 33 heavy (non-hydrogen) atoms. The summed E-state index contributed by atoms with van der Waals surface area (Å²) >= 11 is 0. The number of unbranched alkanes of at least 4 members (excludes halogenated alkanes) is 11. The summed E-state index contributed by atoms with van der Waals surface area (Å²) in [6.07, 6.45) is 5.95. The summed E-state index contributed by atoms with van der Waals surface area (Å²) in [7, 11) is 0. The van der Waals surface area contributed by atoms with Crippen molar-refractivity contribution >= 4 is 0 Å². The van der Waals surface area contributed by atoms with E-state index in [-0.39, 0.29) is 6.61 Å². The van der Waals surface area contributed by atoms with Crippen molar-refractivity contribution in [1.82, 2.24) is 0 Å². The SMILES string of the molecule is CCCCCCCCCCCCCC[C@@H](O)C(O)[C@@H](N)COC1OC(CO)C(O)C(O)C1O. The lowest BCUT2D eigenvalue weighted by Gasteiger charge is -2.40. The first-order chi connectivity index (χ1) is 15.8. The Labute approximate surface area is 198 Å². The van der Waals surface area contributed by atoms with Crippen molar-refractivity contribution in [2.75, 3.05) is 13.2 Å². The first-order valence-electron chi connectivity index (χ1n) is 12.9. The predicted octanol–water partition coefficient (Wildman–Crippen LogP) is 0.943. The average Bonchev–Trinajstić information content (AvgIpc) is 2.82. The van der Waals surface area contributed by atoms with Crippen LogP contribution in [-0.4, -0.2) is 92.8 Å². The first kappa shape index (κ1) is 30.7. The van der Waals surface area contributed by atoms with Crippen LogP contribution in [0.15, 0.2) is 0 Å². The second kappa shape index (κ2) is 18.0. The largest absolute Gasteiger partial charge is 0.394 e. The third kappa shape index (κ3) is 11.7. The third-order valence-corrected chi connectivity index (χ3v) is 6.49. The minimum atomic E-state index is -1.54. The van der Waals surface area contributed by atoms with Gasteiger partial charge in [-0.3, -0.25) is 0 Å². The summed E-state index contributed by atoms with van der Waals surface area (Å²) in [4.78, 5) is 0. The Morgan fingerprint density at radius 1 is 0.788 bits per heavy atom. The number of ether oxygens (including phenoxy) is 2. The highest BCUT2D eigenvalue weighted by atomic mass is 16.7. The van der Waals surface area contributed by atoms with E-state index in [2.05, 4.69) is 6.92 Å². The molecule has 0 aromatic rings. The Morgan fingerprint density at radius 2 is 1.30 bits per heavy atom. The van der Waals surface area contributed by atoms with Crippen LogP contribution in [0.2, 0.25) is 0 Å². The molecule has 0 amide bonds. The van der Waals surface area contributed by atoms with E-state index in [0.717, 1.165) is 19.3 Å². The Hall–Kier alpha value is -0.360. The monoisotopic (exact) mass is 479 g/mol. The topological polar surface area (TPSA) is 166 Å². The van der Waals surface area contributed by atoms with E-state index < -0.39 is 55.6 Å². The molecule has 0 aliphatic carbocycles. The number of hydrogen-bond donors (Lipinski definition) is 7. The van der Waals surface area contributed by atoms with Crippen molar-refractivity contribution in [3.05, 3.63) is 0 Å². The summed E-state index contributed by atoms with van der Waals surface area (Å²) in [6.45, 7) is 1.44. The maximum absolute atomic E-state index is 10.3. The van der Waals surface area contributed by atoms with Crippen LogP contribution in [0.3, 0.4) is 0 Å². The van der Waals surface area contributed by atoms with Crippen molar-refractivity contribution in [2.24, 2.45) is 5.73 Å². The number of nitrogens with two attached hydrogens (primary N) is 1. The van der Waals surface area contributed by atoms with Crippen LogP contribution in [-0.2, 0) is 9.47 Å². The molecule has 8 N–H and O–H groups in total. The molecule has 0 saturated carbocycles. The zero-order valence-electron chi connectivity index (χ0n) is 20.3. The van der Waals surface area contributed by atoms with Crippen molar-refractivity contribution < 1.29 is 40.1 Å². The fraction of sp³-hybridized carbons (Fsp3) is 1.00. The molecule has 9 heteroatoms. The number of aliphatic hydroxyl groups is 6. The predicted molar refractivity (Wildman–Crippen MR) is 125 cm³/mol. The third-order valence-electron chi connectivity index (χ3n) is 6.49. The summed E-state index contributed by atoms with van der Waals surface area (Å²) in [5.74, 6) is 0. The van der Waals surface area contributed by atoms with E-state index in [1.54, 1.807) is 0 Å². The fourth-order valence-electron chi connectivity index (χ4n) is 4.16. The molecule has 0 bridgehead atoms. The summed E-state index contributed by atoms with van der Waals surface area (Å²) in [5.41, 5.74) is 5.91. The van der Waals surface area contributed by atoms with E-state index in [1.807, 2.05) is 0 Å². The summed E-state index contributed by atoms with van der Waals surface area (Å²) in [6, 6.07) is -0.926. The van der Waals surface area contributed by atoms with Gasteiger partial charge < -0.3 is 45.8 Å². The molecule has 6 unspecified atom stereocenters. The van der Waals surface area contributed by atoms with E-state index in [1.165, 1.54) is 57.8 Å². The summed E-state index contributed by atoms with van der Waals surface area (Å²) < 4.78 is 10.6. The molecule has 1 fully saturated rings. The molecule has 0 aromatic carbocycles. The minimum Gasteiger partial charge on any atom is -0.394 e. The van der Waals surface area contributed by atoms with E-state index in [9.17, 15) is 30.6 Å². The van der Waals surface area contributed by atoms with Crippen molar-refractivity contribution in [3.63, 3.8) is 0 Å². The van der Waals surface area contributed by atoms with Crippen LogP contribution in [0, 0.1) is 0 Å². The molecule has 0 aromatic heterocycles. The molecule has 1 rings (SSSR count). The zero-order valence-corrected chi connectivity index (χ0v) is 20.3. The van der Waals surface area contributed by atoms with Gasteiger partial charge in [-0.2, -0.15) is 0 Å². The molecule has 1 heterocycles. The quantitative estimate of drug-likeness (QED) is 0.133.